The summed E-state index contributed by atoms with van der Waals surface area (Å²) >= 11 is 0. The Morgan fingerprint density at radius 1 is 0.955 bits per heavy atom. The van der Waals surface area contributed by atoms with E-state index < -0.39 is 29.2 Å². The van der Waals surface area contributed by atoms with Crippen LogP contribution in [0.25, 0.3) is 0 Å². The lowest BCUT2D eigenvalue weighted by molar-refractivity contribution is -0.140. The molecular weight excluding hydrogens is 566 g/mol. The molecule has 0 radical (unpaired) electrons. The third-order valence-electron chi connectivity index (χ3n) is 8.32. The maximum absolute atomic E-state index is 13.2. The Balaban J connectivity index is 0.00000159. The van der Waals surface area contributed by atoms with E-state index in [4.69, 9.17) is 14.6 Å². The lowest BCUT2D eigenvalue weighted by Crippen LogP contribution is -2.52. The van der Waals surface area contributed by atoms with Gasteiger partial charge in [0.2, 0.25) is 17.7 Å². The summed E-state index contributed by atoms with van der Waals surface area (Å²) in [5, 5.41) is 15.6. The van der Waals surface area contributed by atoms with E-state index in [1.54, 1.807) is 32.0 Å². The molecule has 0 aliphatic heterocycles. The molecule has 44 heavy (non-hydrogen) atoms. The van der Waals surface area contributed by atoms with E-state index in [0.29, 0.717) is 34.6 Å². The zero-order chi connectivity index (χ0) is 33.2. The molecule has 0 heterocycles. The Bertz CT molecular complexity index is 1200. The largest absolute Gasteiger partial charge is 0.496 e. The summed E-state index contributed by atoms with van der Waals surface area (Å²) in [6.07, 6.45) is 4.84. The molecule has 2 aliphatic rings. The standard InChI is InChI=1S/C31H45N3O6.C2H4O2/c1-18(2)28(34-27(37)12-24-11-23(21(5)35)7-8-26(24)40-6)29(38)32-16-25(36)17-33-30(39)31-13-19(3)9-22(15-31)10-20(4)14-31;1-2(3)4/h7-8,11,18-20,22,28H,9-10,12-17H2,1-6H3,(H,32,38)(H,33,39)(H,34,37);1H3,(H,3,4). The normalized spacial score (nSPS) is 22.9. The summed E-state index contributed by atoms with van der Waals surface area (Å²) < 4.78 is 5.32. The van der Waals surface area contributed by atoms with Gasteiger partial charge in [0.25, 0.3) is 5.97 Å². The molecule has 244 valence electrons. The van der Waals surface area contributed by atoms with Gasteiger partial charge in [-0.05, 0) is 80.9 Å². The van der Waals surface area contributed by atoms with E-state index in [9.17, 15) is 24.0 Å². The smallest absolute Gasteiger partial charge is 0.300 e. The lowest BCUT2D eigenvalue weighted by atomic mass is 9.56. The van der Waals surface area contributed by atoms with Gasteiger partial charge in [-0.15, -0.1) is 0 Å². The van der Waals surface area contributed by atoms with Gasteiger partial charge < -0.3 is 25.8 Å². The minimum atomic E-state index is -0.861. The van der Waals surface area contributed by atoms with E-state index in [-0.39, 0.29) is 42.9 Å². The molecule has 0 saturated heterocycles. The highest BCUT2D eigenvalue weighted by Crippen LogP contribution is 2.52. The van der Waals surface area contributed by atoms with Gasteiger partial charge in [-0.2, -0.15) is 0 Å². The first-order valence-electron chi connectivity index (χ1n) is 15.3. The minimum Gasteiger partial charge on any atom is -0.496 e. The molecule has 1 aromatic rings. The molecule has 2 bridgehead atoms. The minimum absolute atomic E-state index is 0.0492. The number of Topliss-reactive ketones (excluding diaryl/α,β-unsaturated/α-hetero) is 2. The summed E-state index contributed by atoms with van der Waals surface area (Å²) in [6.45, 7) is 10.1. The second-order valence-corrected chi connectivity index (χ2v) is 12.9. The SMILES string of the molecule is CC(=O)O.COc1ccc(C(C)=O)cc1CC(=O)NC(C(=O)NCC(=O)CNC(=O)C12CC(C)CC(CC(C)C1)C2)C(C)C. The third-order valence-corrected chi connectivity index (χ3v) is 8.32. The number of carbonyl (C=O) groups excluding carboxylic acids is 5. The molecule has 3 unspecified atom stereocenters. The van der Waals surface area contributed by atoms with Gasteiger partial charge in [-0.1, -0.05) is 27.7 Å². The predicted molar refractivity (Wildman–Crippen MR) is 165 cm³/mol. The molecule has 1 aromatic carbocycles. The molecule has 0 aromatic heterocycles. The molecule has 0 spiro atoms. The molecule has 11 heteroatoms. The quantitative estimate of drug-likeness (QED) is 0.260. The van der Waals surface area contributed by atoms with Crippen molar-refractivity contribution in [3.63, 3.8) is 0 Å². The fourth-order valence-corrected chi connectivity index (χ4v) is 6.78. The van der Waals surface area contributed by atoms with E-state index in [0.717, 1.165) is 39.0 Å². The highest BCUT2D eigenvalue weighted by Gasteiger charge is 2.48. The zero-order valence-corrected chi connectivity index (χ0v) is 27.1. The van der Waals surface area contributed by atoms with E-state index in [2.05, 4.69) is 29.8 Å². The molecule has 3 atom stereocenters. The van der Waals surface area contributed by atoms with E-state index >= 15 is 0 Å². The van der Waals surface area contributed by atoms with Crippen molar-refractivity contribution < 1.29 is 38.6 Å². The van der Waals surface area contributed by atoms with Crippen LogP contribution in [0.1, 0.15) is 89.6 Å². The van der Waals surface area contributed by atoms with Gasteiger partial charge in [-0.25, -0.2) is 0 Å². The van der Waals surface area contributed by atoms with Crippen LogP contribution in [-0.2, 0) is 30.4 Å². The Labute approximate surface area is 260 Å². The topological polar surface area (TPSA) is 168 Å². The molecule has 2 fully saturated rings. The first-order chi connectivity index (χ1) is 20.6. The van der Waals surface area contributed by atoms with Gasteiger partial charge in [0.15, 0.2) is 11.6 Å². The highest BCUT2D eigenvalue weighted by molar-refractivity contribution is 5.96. The summed E-state index contributed by atoms with van der Waals surface area (Å²) in [6, 6.07) is 4.02. The number of ketones is 2. The Morgan fingerprint density at radius 2 is 1.52 bits per heavy atom. The number of carboxylic acids is 1. The first kappa shape index (κ1) is 36.4. The Hall–Kier alpha value is -3.76. The van der Waals surface area contributed by atoms with Crippen LogP contribution in [0.5, 0.6) is 5.75 Å². The Kier molecular flexibility index (Phi) is 13.5. The highest BCUT2D eigenvalue weighted by atomic mass is 16.5. The summed E-state index contributed by atoms with van der Waals surface area (Å²) in [7, 11) is 1.48. The van der Waals surface area contributed by atoms with Crippen LogP contribution in [-0.4, -0.2) is 66.6 Å². The second-order valence-electron chi connectivity index (χ2n) is 12.9. The van der Waals surface area contributed by atoms with Crippen molar-refractivity contribution in [3.8, 4) is 5.75 Å². The van der Waals surface area contributed by atoms with Crippen LogP contribution in [0.3, 0.4) is 0 Å². The predicted octanol–water partition coefficient (Wildman–Crippen LogP) is 3.33. The van der Waals surface area contributed by atoms with Crippen molar-refractivity contribution in [1.82, 2.24) is 16.0 Å². The molecular formula is C33H49N3O8. The van der Waals surface area contributed by atoms with Gasteiger partial charge in [0.05, 0.1) is 26.6 Å². The van der Waals surface area contributed by atoms with Crippen molar-refractivity contribution in [2.75, 3.05) is 20.2 Å². The summed E-state index contributed by atoms with van der Waals surface area (Å²) in [5.41, 5.74) is 0.596. The van der Waals surface area contributed by atoms with Crippen LogP contribution in [0.4, 0.5) is 0 Å². The average molecular weight is 616 g/mol. The van der Waals surface area contributed by atoms with Crippen molar-refractivity contribution in [2.24, 2.45) is 29.1 Å². The molecule has 2 aliphatic carbocycles. The zero-order valence-electron chi connectivity index (χ0n) is 27.1. The van der Waals surface area contributed by atoms with Crippen molar-refractivity contribution in [1.29, 1.82) is 0 Å². The van der Waals surface area contributed by atoms with Gasteiger partial charge in [0.1, 0.15) is 11.8 Å². The number of fused-ring (bicyclic) bond motifs is 2. The molecule has 2 saturated carbocycles. The van der Waals surface area contributed by atoms with Crippen molar-refractivity contribution in [2.45, 2.75) is 86.1 Å². The maximum Gasteiger partial charge on any atom is 0.300 e. The molecule has 3 amide bonds. The lowest BCUT2D eigenvalue weighted by Gasteiger charge is -2.48. The van der Waals surface area contributed by atoms with Gasteiger partial charge in [0, 0.05) is 23.5 Å². The number of carboxylic acid groups (broad SMARTS) is 1. The van der Waals surface area contributed by atoms with Crippen LogP contribution >= 0.6 is 0 Å². The number of ether oxygens (including phenoxy) is 1. The van der Waals surface area contributed by atoms with Gasteiger partial charge in [-0.3, -0.25) is 28.8 Å². The van der Waals surface area contributed by atoms with Crippen LogP contribution in [0.15, 0.2) is 18.2 Å². The number of nitrogens with one attached hydrogen (secondary N) is 3. The second kappa shape index (κ2) is 16.4. The van der Waals surface area contributed by atoms with Crippen LogP contribution in [0, 0.1) is 29.1 Å². The summed E-state index contributed by atoms with van der Waals surface area (Å²) in [4.78, 5) is 72.3. The average Bonchev–Trinajstić information content (AvgIpc) is 2.91. The number of carbonyl (C=O) groups is 6. The monoisotopic (exact) mass is 615 g/mol. The molecule has 4 N–H and O–H groups in total. The van der Waals surface area contributed by atoms with Crippen molar-refractivity contribution >= 4 is 35.3 Å². The Morgan fingerprint density at radius 3 is 2.05 bits per heavy atom. The van der Waals surface area contributed by atoms with Crippen molar-refractivity contribution in [3.05, 3.63) is 29.3 Å². The number of hydrogen-bond donors (Lipinski definition) is 4. The first-order valence-corrected chi connectivity index (χ1v) is 15.3. The van der Waals surface area contributed by atoms with E-state index in [1.165, 1.54) is 14.0 Å². The van der Waals surface area contributed by atoms with Crippen LogP contribution in [0.2, 0.25) is 0 Å². The number of hydrogen-bond acceptors (Lipinski definition) is 7. The van der Waals surface area contributed by atoms with Crippen LogP contribution < -0.4 is 20.7 Å². The summed E-state index contributed by atoms with van der Waals surface area (Å²) in [5.74, 6) is -0.414. The third kappa shape index (κ3) is 10.7. The number of rotatable bonds is 12. The number of aliphatic carboxylic acids is 1. The fraction of sp³-hybridized carbons (Fsp3) is 0.636. The van der Waals surface area contributed by atoms with Gasteiger partial charge >= 0.3 is 0 Å². The number of methoxy groups -OCH3 is 1. The molecule has 3 rings (SSSR count). The fourth-order valence-electron chi connectivity index (χ4n) is 6.78. The van der Waals surface area contributed by atoms with E-state index in [1.807, 2.05) is 0 Å². The maximum atomic E-state index is 13.2. The number of benzene rings is 1. The number of amides is 3. The molecule has 11 nitrogen and oxygen atoms in total.